The van der Waals surface area contributed by atoms with Crippen LogP contribution in [0.2, 0.25) is 0 Å². The Balaban J connectivity index is 1.50. The van der Waals surface area contributed by atoms with Crippen LogP contribution in [-0.4, -0.2) is 73.0 Å². The van der Waals surface area contributed by atoms with Crippen molar-refractivity contribution in [1.29, 1.82) is 0 Å². The monoisotopic (exact) mass is 672 g/mol. The molecular weight excluding hydrogens is 647 g/mol. The average Bonchev–Trinajstić information content (AvgIpc) is 3.62. The Kier molecular flexibility index (Phi) is 6.06. The largest absolute Gasteiger partial charge is 0.508 e. The van der Waals surface area contributed by atoms with Crippen LogP contribution < -0.4 is 5.32 Å². The Bertz CT molecular complexity index is 2140. The number of methoxy groups -OCH3 is 1. The van der Waals surface area contributed by atoms with Crippen LogP contribution >= 0.6 is 34.8 Å². The Morgan fingerprint density at radius 1 is 1.11 bits per heavy atom. The lowest BCUT2D eigenvalue weighted by Gasteiger charge is -2.50. The predicted molar refractivity (Wildman–Crippen MR) is 169 cm³/mol. The molecule has 2 aromatic heterocycles. The van der Waals surface area contributed by atoms with Crippen molar-refractivity contribution >= 4 is 90.4 Å². The van der Waals surface area contributed by atoms with Crippen LogP contribution in [0, 0.1) is 0 Å². The van der Waals surface area contributed by atoms with E-state index in [1.165, 1.54) is 4.90 Å². The quantitative estimate of drug-likeness (QED) is 0.201. The highest BCUT2D eigenvalue weighted by Gasteiger charge is 2.55. The number of benzene rings is 3. The second kappa shape index (κ2) is 9.46. The molecular formula is C31H27Cl3N4O7. The van der Waals surface area contributed by atoms with Crippen LogP contribution in [0.25, 0.3) is 43.6 Å². The molecule has 2 amide bonds. The van der Waals surface area contributed by atoms with Gasteiger partial charge in [0.1, 0.15) is 30.4 Å². The number of aromatic hydroxyl groups is 2. The number of aromatic nitrogens is 2. The van der Waals surface area contributed by atoms with Crippen LogP contribution in [-0.2, 0) is 26.5 Å². The fourth-order valence-corrected chi connectivity index (χ4v) is 8.02. The summed E-state index contributed by atoms with van der Waals surface area (Å²) in [6.07, 6.45) is -1.81. The molecule has 5 aromatic rings. The molecule has 234 valence electrons. The van der Waals surface area contributed by atoms with Gasteiger partial charge in [-0.2, -0.15) is 0 Å². The van der Waals surface area contributed by atoms with Crippen LogP contribution in [0.5, 0.6) is 11.5 Å². The SMILES string of the molecule is CO[C@@H]1[C@H](N(C)C(=O)OCC(Cl)(Cl)Cl)CC2O[C@]1(C)n1c3ccc(O)cc3c3c4c(c5c6cc(O)ccc6n2c5c31)C(=O)NC4. The summed E-state index contributed by atoms with van der Waals surface area (Å²) in [6, 6.07) is 9.57. The molecule has 5 heterocycles. The number of hydrogen-bond donors (Lipinski definition) is 3. The summed E-state index contributed by atoms with van der Waals surface area (Å²) in [6.45, 7) is 1.76. The van der Waals surface area contributed by atoms with E-state index in [1.54, 1.807) is 44.5 Å². The van der Waals surface area contributed by atoms with E-state index >= 15 is 0 Å². The lowest BCUT2D eigenvalue weighted by Crippen LogP contribution is -2.61. The molecule has 1 saturated heterocycles. The number of nitrogens with zero attached hydrogens (tertiary/aromatic N) is 3. The lowest BCUT2D eigenvalue weighted by atomic mass is 9.92. The number of likely N-dealkylation sites (N-methyl/N-ethyl adjacent to an activating group) is 1. The van der Waals surface area contributed by atoms with Gasteiger partial charge in [0, 0.05) is 48.7 Å². The lowest BCUT2D eigenvalue weighted by molar-refractivity contribution is -0.265. The molecule has 4 atom stereocenters. The van der Waals surface area contributed by atoms with Crippen molar-refractivity contribution in [2.75, 3.05) is 20.8 Å². The summed E-state index contributed by atoms with van der Waals surface area (Å²) in [5.74, 6) is -0.0985. The first-order valence-electron chi connectivity index (χ1n) is 14.3. The highest BCUT2D eigenvalue weighted by Crippen LogP contribution is 2.54. The first-order chi connectivity index (χ1) is 21.3. The molecule has 0 radical (unpaired) electrons. The predicted octanol–water partition coefficient (Wildman–Crippen LogP) is 5.98. The van der Waals surface area contributed by atoms with Gasteiger partial charge in [-0.15, -0.1) is 0 Å². The van der Waals surface area contributed by atoms with Crippen molar-refractivity contribution in [3.63, 3.8) is 0 Å². The number of nitrogens with one attached hydrogen (secondary N) is 1. The summed E-state index contributed by atoms with van der Waals surface area (Å²) in [5.41, 5.74) is 3.09. The molecule has 1 fully saturated rings. The molecule has 3 aliphatic rings. The number of fused-ring (bicyclic) bond motifs is 13. The third kappa shape index (κ3) is 3.85. The zero-order valence-electron chi connectivity index (χ0n) is 24.2. The molecule has 0 saturated carbocycles. The maximum Gasteiger partial charge on any atom is 0.409 e. The number of halogens is 3. The van der Waals surface area contributed by atoms with Gasteiger partial charge in [0.2, 0.25) is 3.79 Å². The van der Waals surface area contributed by atoms with E-state index < -0.39 is 40.6 Å². The van der Waals surface area contributed by atoms with Crippen molar-refractivity contribution in [2.45, 2.75) is 47.8 Å². The number of phenols is 2. The number of alkyl halides is 3. The molecule has 3 N–H and O–H groups in total. The number of rotatable bonds is 3. The molecule has 2 bridgehead atoms. The standard InChI is InChI=1S/C31H27Cl3N4O7/c1-30-27(43-3)20(36(2)29(42)44-12-31(32,33)34)10-21(45-30)37-18-6-4-13(39)8-15(18)23-24-17(11-35-28(24)41)22-16-9-14(40)5-7-19(16)38(30)26(22)25(23)37/h4-9,20-21,27,39-40H,10-12H2,1-3H3,(H,35,41)/t20-,21?,27-,30+/m1/s1. The highest BCUT2D eigenvalue weighted by atomic mass is 35.6. The minimum Gasteiger partial charge on any atom is -0.508 e. The minimum absolute atomic E-state index is 0.0551. The molecule has 0 aliphatic carbocycles. The fraction of sp³-hybridized carbons (Fsp3) is 0.355. The summed E-state index contributed by atoms with van der Waals surface area (Å²) in [5, 5.41) is 27.2. The van der Waals surface area contributed by atoms with Gasteiger partial charge in [0.25, 0.3) is 5.91 Å². The second-order valence-electron chi connectivity index (χ2n) is 12.0. The van der Waals surface area contributed by atoms with Crippen LogP contribution in [0.1, 0.15) is 35.5 Å². The van der Waals surface area contributed by atoms with E-state index in [2.05, 4.69) is 9.88 Å². The molecule has 14 heteroatoms. The van der Waals surface area contributed by atoms with E-state index in [0.717, 1.165) is 38.4 Å². The molecule has 0 spiro atoms. The first-order valence-corrected chi connectivity index (χ1v) is 15.4. The normalized spacial score (nSPS) is 24.0. The molecule has 45 heavy (non-hydrogen) atoms. The van der Waals surface area contributed by atoms with Crippen molar-refractivity contribution in [3.05, 3.63) is 47.5 Å². The molecule has 3 aromatic carbocycles. The molecule has 8 rings (SSSR count). The molecule has 3 aliphatic heterocycles. The van der Waals surface area contributed by atoms with Crippen LogP contribution in [0.3, 0.4) is 0 Å². The first kappa shape index (κ1) is 28.8. The summed E-state index contributed by atoms with van der Waals surface area (Å²) >= 11 is 17.6. The van der Waals surface area contributed by atoms with Gasteiger partial charge in [0.15, 0.2) is 5.72 Å². The number of hydrogen-bond acceptors (Lipinski definition) is 7. The smallest absolute Gasteiger partial charge is 0.409 e. The zero-order chi connectivity index (χ0) is 31.7. The average molecular weight is 674 g/mol. The van der Waals surface area contributed by atoms with Crippen molar-refractivity contribution in [3.8, 4) is 11.5 Å². The van der Waals surface area contributed by atoms with Gasteiger partial charge in [-0.1, -0.05) is 34.8 Å². The Morgan fingerprint density at radius 2 is 1.78 bits per heavy atom. The summed E-state index contributed by atoms with van der Waals surface area (Å²) in [4.78, 5) is 28.3. The number of carbonyl (C=O) groups is 2. The van der Waals surface area contributed by atoms with Crippen molar-refractivity contribution < 1.29 is 34.0 Å². The third-order valence-electron chi connectivity index (χ3n) is 9.49. The van der Waals surface area contributed by atoms with Crippen molar-refractivity contribution in [1.82, 2.24) is 19.4 Å². The van der Waals surface area contributed by atoms with Gasteiger partial charge >= 0.3 is 6.09 Å². The van der Waals surface area contributed by atoms with Gasteiger partial charge in [-0.3, -0.25) is 4.79 Å². The summed E-state index contributed by atoms with van der Waals surface area (Å²) in [7, 11) is 3.17. The highest BCUT2D eigenvalue weighted by molar-refractivity contribution is 6.67. The second-order valence-corrected chi connectivity index (χ2v) is 14.5. The molecule has 11 nitrogen and oxygen atoms in total. The van der Waals surface area contributed by atoms with Crippen molar-refractivity contribution in [2.24, 2.45) is 0 Å². The van der Waals surface area contributed by atoms with E-state index in [9.17, 15) is 19.8 Å². The maximum atomic E-state index is 13.5. The third-order valence-corrected chi connectivity index (χ3v) is 9.82. The molecule has 1 unspecified atom stereocenters. The maximum absolute atomic E-state index is 13.5. The number of ether oxygens (including phenoxy) is 3. The topological polar surface area (TPSA) is 127 Å². The Labute approximate surface area is 270 Å². The number of phenolic OH excluding ortho intramolecular Hbond substituents is 2. The van der Waals surface area contributed by atoms with Gasteiger partial charge in [0.05, 0.1) is 33.7 Å². The Morgan fingerprint density at radius 3 is 2.44 bits per heavy atom. The fourth-order valence-electron chi connectivity index (χ4n) is 7.85. The van der Waals surface area contributed by atoms with Gasteiger partial charge < -0.3 is 43.8 Å². The minimum atomic E-state index is -1.79. The summed E-state index contributed by atoms with van der Waals surface area (Å²) < 4.78 is 20.9. The number of amides is 2. The van der Waals surface area contributed by atoms with Gasteiger partial charge in [-0.05, 0) is 48.9 Å². The van der Waals surface area contributed by atoms with Gasteiger partial charge in [-0.25, -0.2) is 4.79 Å². The number of carbonyl (C=O) groups excluding carboxylic acids is 2. The Hall–Kier alpha value is -3.61. The van der Waals surface area contributed by atoms with E-state index in [0.29, 0.717) is 16.3 Å². The van der Waals surface area contributed by atoms with E-state index in [1.807, 2.05) is 17.6 Å². The van der Waals surface area contributed by atoms with E-state index in [-0.39, 0.29) is 30.4 Å². The van der Waals surface area contributed by atoms with Crippen LogP contribution in [0.15, 0.2) is 36.4 Å². The van der Waals surface area contributed by atoms with E-state index in [4.69, 9.17) is 49.0 Å². The zero-order valence-corrected chi connectivity index (χ0v) is 26.5. The van der Waals surface area contributed by atoms with Crippen LogP contribution in [0.4, 0.5) is 4.79 Å².